The van der Waals surface area contributed by atoms with E-state index in [1.807, 2.05) is 19.1 Å². The molecule has 98 valence electrons. The van der Waals surface area contributed by atoms with Gasteiger partial charge in [-0.25, -0.2) is 0 Å². The van der Waals surface area contributed by atoms with Gasteiger partial charge in [-0.2, -0.15) is 0 Å². The molecule has 2 rings (SSSR count). The first-order chi connectivity index (χ1) is 8.75. The van der Waals surface area contributed by atoms with E-state index in [1.165, 1.54) is 0 Å². The molecule has 0 saturated carbocycles. The minimum atomic E-state index is -0.0107. The van der Waals surface area contributed by atoms with E-state index in [-0.39, 0.29) is 18.1 Å². The molecule has 0 radical (unpaired) electrons. The molecular formula is C13H19N3O2. The first-order valence-corrected chi connectivity index (χ1v) is 6.27. The Kier molecular flexibility index (Phi) is 4.66. The van der Waals surface area contributed by atoms with Gasteiger partial charge in [0.2, 0.25) is 5.91 Å². The van der Waals surface area contributed by atoms with Crippen LogP contribution in [0.25, 0.3) is 0 Å². The predicted molar refractivity (Wildman–Crippen MR) is 68.0 cm³/mol. The normalized spacial score (nSPS) is 21.3. The van der Waals surface area contributed by atoms with Gasteiger partial charge in [-0.3, -0.25) is 9.78 Å². The second kappa shape index (κ2) is 6.47. The van der Waals surface area contributed by atoms with Crippen molar-refractivity contribution in [3.05, 3.63) is 30.1 Å². The summed E-state index contributed by atoms with van der Waals surface area (Å²) in [6.07, 6.45) is 3.85. The monoisotopic (exact) mass is 249 g/mol. The Labute approximate surface area is 107 Å². The molecule has 1 aliphatic heterocycles. The van der Waals surface area contributed by atoms with Gasteiger partial charge in [-0.05, 0) is 24.6 Å². The molecule has 1 aromatic heterocycles. The lowest BCUT2D eigenvalue weighted by Crippen LogP contribution is -2.41. The maximum Gasteiger partial charge on any atom is 0.223 e. The standard InChI is InChI=1S/C13H19N3O2/c1-10(11-2-4-14-5-3-11)16-13(17)8-12-9-15-6-7-18-12/h2-5,10,12,15H,6-9H2,1H3,(H,16,17). The van der Waals surface area contributed by atoms with Gasteiger partial charge >= 0.3 is 0 Å². The van der Waals surface area contributed by atoms with E-state index in [2.05, 4.69) is 15.6 Å². The van der Waals surface area contributed by atoms with Crippen LogP contribution in [-0.4, -0.2) is 36.7 Å². The summed E-state index contributed by atoms with van der Waals surface area (Å²) in [6.45, 7) is 4.26. The molecule has 2 heterocycles. The number of nitrogens with zero attached hydrogens (tertiary/aromatic N) is 1. The molecule has 2 N–H and O–H groups in total. The summed E-state index contributed by atoms with van der Waals surface area (Å²) < 4.78 is 5.50. The predicted octanol–water partition coefficient (Wildman–Crippen LogP) is 0.637. The third-order valence-corrected chi connectivity index (χ3v) is 3.00. The van der Waals surface area contributed by atoms with Crippen molar-refractivity contribution in [2.24, 2.45) is 0 Å². The van der Waals surface area contributed by atoms with Crippen molar-refractivity contribution in [1.82, 2.24) is 15.6 Å². The summed E-state index contributed by atoms with van der Waals surface area (Å²) in [4.78, 5) is 15.8. The van der Waals surface area contributed by atoms with Crippen molar-refractivity contribution < 1.29 is 9.53 Å². The molecule has 0 bridgehead atoms. The summed E-state index contributed by atoms with van der Waals surface area (Å²) >= 11 is 0. The number of hydrogen-bond acceptors (Lipinski definition) is 4. The second-order valence-corrected chi connectivity index (χ2v) is 4.47. The Morgan fingerprint density at radius 1 is 1.61 bits per heavy atom. The second-order valence-electron chi connectivity index (χ2n) is 4.47. The summed E-state index contributed by atoms with van der Waals surface area (Å²) in [5.74, 6) is 0.0213. The van der Waals surface area contributed by atoms with E-state index in [9.17, 15) is 4.79 Å². The largest absolute Gasteiger partial charge is 0.375 e. The number of hydrogen-bond donors (Lipinski definition) is 2. The van der Waals surface area contributed by atoms with Crippen LogP contribution in [0.4, 0.5) is 0 Å². The number of carbonyl (C=O) groups excluding carboxylic acids is 1. The lowest BCUT2D eigenvalue weighted by atomic mass is 10.1. The first-order valence-electron chi connectivity index (χ1n) is 6.27. The molecule has 5 heteroatoms. The Bertz CT molecular complexity index is 377. The number of carbonyl (C=O) groups is 1. The minimum absolute atomic E-state index is 0.00273. The Morgan fingerprint density at radius 3 is 3.06 bits per heavy atom. The van der Waals surface area contributed by atoms with E-state index >= 15 is 0 Å². The number of nitrogens with one attached hydrogen (secondary N) is 2. The van der Waals surface area contributed by atoms with Crippen LogP contribution in [0.1, 0.15) is 24.9 Å². The van der Waals surface area contributed by atoms with Crippen LogP contribution in [0.15, 0.2) is 24.5 Å². The highest BCUT2D eigenvalue weighted by molar-refractivity contribution is 5.77. The van der Waals surface area contributed by atoms with Gasteiger partial charge in [0.1, 0.15) is 0 Å². The number of ether oxygens (including phenoxy) is 1. The minimum Gasteiger partial charge on any atom is -0.375 e. The van der Waals surface area contributed by atoms with Gasteiger partial charge in [0.15, 0.2) is 0 Å². The average molecular weight is 249 g/mol. The molecule has 1 saturated heterocycles. The van der Waals surface area contributed by atoms with Crippen LogP contribution in [0, 0.1) is 0 Å². The fourth-order valence-electron chi connectivity index (χ4n) is 1.99. The van der Waals surface area contributed by atoms with Crippen molar-refractivity contribution in [3.63, 3.8) is 0 Å². The summed E-state index contributed by atoms with van der Waals surface area (Å²) in [5, 5.41) is 6.18. The number of pyridine rings is 1. The zero-order valence-electron chi connectivity index (χ0n) is 10.6. The summed E-state index contributed by atoms with van der Waals surface area (Å²) in [7, 11) is 0. The molecule has 0 aliphatic carbocycles. The van der Waals surface area contributed by atoms with E-state index in [4.69, 9.17) is 4.74 Å². The molecule has 0 aromatic carbocycles. The summed E-state index contributed by atoms with van der Waals surface area (Å²) in [6, 6.07) is 3.81. The van der Waals surface area contributed by atoms with Gasteiger partial charge in [-0.1, -0.05) is 0 Å². The highest BCUT2D eigenvalue weighted by Crippen LogP contribution is 2.11. The number of amides is 1. The highest BCUT2D eigenvalue weighted by atomic mass is 16.5. The molecule has 1 fully saturated rings. The first kappa shape index (κ1) is 13.0. The molecule has 1 aliphatic rings. The van der Waals surface area contributed by atoms with Gasteiger partial charge in [0, 0.05) is 25.5 Å². The fraction of sp³-hybridized carbons (Fsp3) is 0.538. The third-order valence-electron chi connectivity index (χ3n) is 3.00. The zero-order valence-corrected chi connectivity index (χ0v) is 10.6. The van der Waals surface area contributed by atoms with Crippen molar-refractivity contribution in [1.29, 1.82) is 0 Å². The smallest absolute Gasteiger partial charge is 0.223 e. The van der Waals surface area contributed by atoms with Crippen LogP contribution < -0.4 is 10.6 Å². The maximum absolute atomic E-state index is 11.9. The van der Waals surface area contributed by atoms with Crippen molar-refractivity contribution in [3.8, 4) is 0 Å². The van der Waals surface area contributed by atoms with E-state index in [1.54, 1.807) is 12.4 Å². The lowest BCUT2D eigenvalue weighted by Gasteiger charge is -2.24. The fourth-order valence-corrected chi connectivity index (χ4v) is 1.99. The molecule has 1 amide bonds. The van der Waals surface area contributed by atoms with Crippen molar-refractivity contribution in [2.45, 2.75) is 25.5 Å². The lowest BCUT2D eigenvalue weighted by molar-refractivity contribution is -0.125. The van der Waals surface area contributed by atoms with Crippen molar-refractivity contribution >= 4 is 5.91 Å². The van der Waals surface area contributed by atoms with Crippen LogP contribution in [0.2, 0.25) is 0 Å². The van der Waals surface area contributed by atoms with E-state index in [0.717, 1.165) is 18.7 Å². The van der Waals surface area contributed by atoms with Crippen LogP contribution in [-0.2, 0) is 9.53 Å². The highest BCUT2D eigenvalue weighted by Gasteiger charge is 2.18. The van der Waals surface area contributed by atoms with Gasteiger partial charge in [0.05, 0.1) is 25.2 Å². The number of morpholine rings is 1. The molecular weight excluding hydrogens is 230 g/mol. The van der Waals surface area contributed by atoms with E-state index in [0.29, 0.717) is 13.0 Å². The molecule has 18 heavy (non-hydrogen) atoms. The number of aromatic nitrogens is 1. The zero-order chi connectivity index (χ0) is 12.8. The van der Waals surface area contributed by atoms with Gasteiger partial charge in [0.25, 0.3) is 0 Å². The number of rotatable bonds is 4. The van der Waals surface area contributed by atoms with E-state index < -0.39 is 0 Å². The molecule has 2 atom stereocenters. The molecule has 5 nitrogen and oxygen atoms in total. The molecule has 2 unspecified atom stereocenters. The average Bonchev–Trinajstić information content (AvgIpc) is 2.40. The molecule has 0 spiro atoms. The quantitative estimate of drug-likeness (QED) is 0.822. The van der Waals surface area contributed by atoms with Gasteiger partial charge < -0.3 is 15.4 Å². The Balaban J connectivity index is 1.80. The molecule has 1 aromatic rings. The van der Waals surface area contributed by atoms with Crippen LogP contribution in [0.3, 0.4) is 0 Å². The van der Waals surface area contributed by atoms with Crippen LogP contribution >= 0.6 is 0 Å². The topological polar surface area (TPSA) is 63.2 Å². The van der Waals surface area contributed by atoms with Crippen molar-refractivity contribution in [2.75, 3.05) is 19.7 Å². The summed E-state index contributed by atoms with van der Waals surface area (Å²) in [5.41, 5.74) is 1.06. The SMILES string of the molecule is CC(NC(=O)CC1CNCCO1)c1ccncc1. The Morgan fingerprint density at radius 2 is 2.39 bits per heavy atom. The third kappa shape index (κ3) is 3.78. The Hall–Kier alpha value is -1.46. The maximum atomic E-state index is 11.9. The van der Waals surface area contributed by atoms with Gasteiger partial charge in [-0.15, -0.1) is 0 Å². The van der Waals surface area contributed by atoms with Crippen LogP contribution in [0.5, 0.6) is 0 Å².